The van der Waals surface area contributed by atoms with Gasteiger partial charge in [-0.1, -0.05) is 19.1 Å². The standard InChI is InChI=1S/C13H20N2O2/c1-3-12(9-17-2)15-13(16)8-10-5-4-6-11(14)7-10/h4-7,12H,3,8-9,14H2,1-2H3,(H,15,16). The summed E-state index contributed by atoms with van der Waals surface area (Å²) < 4.78 is 5.03. The highest BCUT2D eigenvalue weighted by Gasteiger charge is 2.10. The van der Waals surface area contributed by atoms with Crippen LogP contribution in [0, 0.1) is 0 Å². The van der Waals surface area contributed by atoms with Crippen LogP contribution in [0.4, 0.5) is 5.69 Å². The molecule has 0 spiro atoms. The molecular formula is C13H20N2O2. The van der Waals surface area contributed by atoms with Gasteiger partial charge >= 0.3 is 0 Å². The fourth-order valence-corrected chi connectivity index (χ4v) is 1.63. The Morgan fingerprint density at radius 3 is 2.88 bits per heavy atom. The van der Waals surface area contributed by atoms with Gasteiger partial charge in [0.15, 0.2) is 0 Å². The van der Waals surface area contributed by atoms with Gasteiger partial charge < -0.3 is 15.8 Å². The van der Waals surface area contributed by atoms with Gasteiger partial charge in [0.1, 0.15) is 0 Å². The Morgan fingerprint density at radius 2 is 2.29 bits per heavy atom. The Kier molecular flexibility index (Phi) is 5.49. The smallest absolute Gasteiger partial charge is 0.224 e. The van der Waals surface area contributed by atoms with Crippen LogP contribution in [-0.2, 0) is 16.0 Å². The monoisotopic (exact) mass is 236 g/mol. The quantitative estimate of drug-likeness (QED) is 0.733. The van der Waals surface area contributed by atoms with Gasteiger partial charge in [-0.3, -0.25) is 4.79 Å². The van der Waals surface area contributed by atoms with Crippen LogP contribution in [-0.4, -0.2) is 25.7 Å². The predicted octanol–water partition coefficient (Wildman–Crippen LogP) is 1.35. The van der Waals surface area contributed by atoms with E-state index in [4.69, 9.17) is 10.5 Å². The summed E-state index contributed by atoms with van der Waals surface area (Å²) in [5, 5.41) is 2.93. The number of nitrogen functional groups attached to an aromatic ring is 1. The fraction of sp³-hybridized carbons (Fsp3) is 0.462. The molecule has 0 aliphatic rings. The minimum atomic E-state index is -0.000463. The molecule has 1 aromatic carbocycles. The number of hydrogen-bond donors (Lipinski definition) is 2. The third-order valence-corrected chi connectivity index (χ3v) is 2.54. The highest BCUT2D eigenvalue weighted by atomic mass is 16.5. The van der Waals surface area contributed by atoms with E-state index in [0.29, 0.717) is 18.7 Å². The molecule has 0 aliphatic carbocycles. The number of carbonyl (C=O) groups is 1. The summed E-state index contributed by atoms with van der Waals surface area (Å²) in [4.78, 5) is 11.8. The fourth-order valence-electron chi connectivity index (χ4n) is 1.63. The summed E-state index contributed by atoms with van der Waals surface area (Å²) in [6, 6.07) is 7.45. The minimum absolute atomic E-state index is 0.000463. The Hall–Kier alpha value is -1.55. The van der Waals surface area contributed by atoms with Crippen LogP contribution < -0.4 is 11.1 Å². The number of rotatable bonds is 6. The number of nitrogens with one attached hydrogen (secondary N) is 1. The van der Waals surface area contributed by atoms with Crippen LogP contribution >= 0.6 is 0 Å². The van der Waals surface area contributed by atoms with Crippen molar-refractivity contribution in [2.75, 3.05) is 19.5 Å². The maximum absolute atomic E-state index is 11.8. The Morgan fingerprint density at radius 1 is 1.53 bits per heavy atom. The predicted molar refractivity (Wildman–Crippen MR) is 68.7 cm³/mol. The lowest BCUT2D eigenvalue weighted by atomic mass is 10.1. The third kappa shape index (κ3) is 4.87. The molecule has 1 aromatic rings. The van der Waals surface area contributed by atoms with Crippen LogP contribution in [0.3, 0.4) is 0 Å². The molecule has 1 rings (SSSR count). The molecule has 94 valence electrons. The van der Waals surface area contributed by atoms with Gasteiger partial charge in [0.05, 0.1) is 19.1 Å². The molecule has 3 N–H and O–H groups in total. The number of benzene rings is 1. The van der Waals surface area contributed by atoms with Gasteiger partial charge in [-0.25, -0.2) is 0 Å². The molecule has 17 heavy (non-hydrogen) atoms. The van der Waals surface area contributed by atoms with Crippen LogP contribution in [0.5, 0.6) is 0 Å². The molecule has 0 saturated carbocycles. The molecule has 0 bridgehead atoms. The number of anilines is 1. The van der Waals surface area contributed by atoms with Gasteiger partial charge in [-0.05, 0) is 24.1 Å². The van der Waals surface area contributed by atoms with Crippen molar-refractivity contribution in [2.24, 2.45) is 0 Å². The first-order chi connectivity index (χ1) is 8.15. The number of hydrogen-bond acceptors (Lipinski definition) is 3. The summed E-state index contributed by atoms with van der Waals surface area (Å²) in [6.45, 7) is 2.56. The molecule has 0 radical (unpaired) electrons. The molecule has 0 fully saturated rings. The van der Waals surface area contributed by atoms with E-state index in [1.807, 2.05) is 25.1 Å². The number of ether oxygens (including phenoxy) is 1. The van der Waals surface area contributed by atoms with Crippen LogP contribution in [0.15, 0.2) is 24.3 Å². The first-order valence-electron chi connectivity index (χ1n) is 5.78. The largest absolute Gasteiger partial charge is 0.399 e. The molecular weight excluding hydrogens is 216 g/mol. The lowest BCUT2D eigenvalue weighted by molar-refractivity contribution is -0.121. The van der Waals surface area contributed by atoms with Crippen molar-refractivity contribution >= 4 is 11.6 Å². The Bertz CT molecular complexity index is 366. The van der Waals surface area contributed by atoms with E-state index in [0.717, 1.165) is 12.0 Å². The second-order valence-electron chi connectivity index (χ2n) is 4.05. The van der Waals surface area contributed by atoms with Crippen LogP contribution in [0.2, 0.25) is 0 Å². The molecule has 4 heteroatoms. The number of amides is 1. The van der Waals surface area contributed by atoms with E-state index in [2.05, 4.69) is 5.32 Å². The minimum Gasteiger partial charge on any atom is -0.399 e. The topological polar surface area (TPSA) is 64.3 Å². The number of carbonyl (C=O) groups excluding carboxylic acids is 1. The molecule has 1 unspecified atom stereocenters. The van der Waals surface area contributed by atoms with Crippen molar-refractivity contribution in [1.29, 1.82) is 0 Å². The average Bonchev–Trinajstić information content (AvgIpc) is 2.28. The van der Waals surface area contributed by atoms with Crippen molar-refractivity contribution in [3.8, 4) is 0 Å². The normalized spacial score (nSPS) is 12.1. The SMILES string of the molecule is CCC(COC)NC(=O)Cc1cccc(N)c1. The summed E-state index contributed by atoms with van der Waals surface area (Å²) in [6.07, 6.45) is 1.21. The molecule has 0 heterocycles. The van der Waals surface area contributed by atoms with Crippen molar-refractivity contribution in [1.82, 2.24) is 5.32 Å². The van der Waals surface area contributed by atoms with E-state index in [-0.39, 0.29) is 11.9 Å². The number of nitrogens with two attached hydrogens (primary N) is 1. The second-order valence-corrected chi connectivity index (χ2v) is 4.05. The molecule has 4 nitrogen and oxygen atoms in total. The molecule has 1 atom stereocenters. The van der Waals surface area contributed by atoms with Crippen molar-refractivity contribution in [3.63, 3.8) is 0 Å². The average molecular weight is 236 g/mol. The Balaban J connectivity index is 2.49. The van der Waals surface area contributed by atoms with E-state index in [9.17, 15) is 4.79 Å². The van der Waals surface area contributed by atoms with Gasteiger partial charge in [-0.2, -0.15) is 0 Å². The highest BCUT2D eigenvalue weighted by molar-refractivity contribution is 5.79. The van der Waals surface area contributed by atoms with Crippen molar-refractivity contribution in [2.45, 2.75) is 25.8 Å². The molecule has 1 amide bonds. The summed E-state index contributed by atoms with van der Waals surface area (Å²) >= 11 is 0. The van der Waals surface area contributed by atoms with E-state index >= 15 is 0 Å². The van der Waals surface area contributed by atoms with Gasteiger partial charge in [0.25, 0.3) is 0 Å². The third-order valence-electron chi connectivity index (χ3n) is 2.54. The summed E-state index contributed by atoms with van der Waals surface area (Å²) in [7, 11) is 1.63. The highest BCUT2D eigenvalue weighted by Crippen LogP contribution is 2.07. The van der Waals surface area contributed by atoms with Gasteiger partial charge in [-0.15, -0.1) is 0 Å². The first kappa shape index (κ1) is 13.5. The maximum Gasteiger partial charge on any atom is 0.224 e. The second kappa shape index (κ2) is 6.91. The van der Waals surface area contributed by atoms with E-state index in [1.165, 1.54) is 0 Å². The van der Waals surface area contributed by atoms with Crippen molar-refractivity contribution in [3.05, 3.63) is 29.8 Å². The lowest BCUT2D eigenvalue weighted by Gasteiger charge is -2.15. The van der Waals surface area contributed by atoms with Gasteiger partial charge in [0.2, 0.25) is 5.91 Å². The van der Waals surface area contributed by atoms with Crippen LogP contribution in [0.25, 0.3) is 0 Å². The van der Waals surface area contributed by atoms with Gasteiger partial charge in [0, 0.05) is 12.8 Å². The van der Waals surface area contributed by atoms with Crippen LogP contribution in [0.1, 0.15) is 18.9 Å². The number of methoxy groups -OCH3 is 1. The summed E-state index contributed by atoms with van der Waals surface area (Å²) in [5.74, 6) is -0.000463. The summed E-state index contributed by atoms with van der Waals surface area (Å²) in [5.41, 5.74) is 7.26. The van der Waals surface area contributed by atoms with E-state index in [1.54, 1.807) is 13.2 Å². The molecule has 0 aromatic heterocycles. The van der Waals surface area contributed by atoms with E-state index < -0.39 is 0 Å². The molecule has 0 aliphatic heterocycles. The zero-order valence-electron chi connectivity index (χ0n) is 10.4. The maximum atomic E-state index is 11.8. The first-order valence-corrected chi connectivity index (χ1v) is 5.78. The zero-order chi connectivity index (χ0) is 12.7. The zero-order valence-corrected chi connectivity index (χ0v) is 10.4. The van der Waals surface area contributed by atoms with Crippen molar-refractivity contribution < 1.29 is 9.53 Å². The molecule has 0 saturated heterocycles. The Labute approximate surface area is 102 Å². The lowest BCUT2D eigenvalue weighted by Crippen LogP contribution is -2.38.